The number of benzene rings is 2. The van der Waals surface area contributed by atoms with Crippen LogP contribution in [0.25, 0.3) is 0 Å². The van der Waals surface area contributed by atoms with Crippen LogP contribution in [0.3, 0.4) is 0 Å². The Kier molecular flexibility index (Phi) is 16.0. The zero-order chi connectivity index (χ0) is 36.5. The van der Waals surface area contributed by atoms with Crippen molar-refractivity contribution in [3.8, 4) is 0 Å². The lowest BCUT2D eigenvalue weighted by molar-refractivity contribution is -0.123. The Morgan fingerprint density at radius 2 is 1.40 bits per heavy atom. The molecule has 3 aromatic rings. The minimum Gasteiger partial charge on any atom is -0.444 e. The van der Waals surface area contributed by atoms with E-state index < -0.39 is 29.9 Å². The van der Waals surface area contributed by atoms with Crippen molar-refractivity contribution in [2.24, 2.45) is 0 Å². The lowest BCUT2D eigenvalue weighted by Crippen LogP contribution is -2.54. The Morgan fingerprint density at radius 3 is 1.92 bits per heavy atom. The molecule has 0 bridgehead atoms. The van der Waals surface area contributed by atoms with Gasteiger partial charge in [-0.25, -0.2) is 14.4 Å². The number of nitrogens with one attached hydrogen (secondary N) is 4. The molecule has 50 heavy (non-hydrogen) atoms. The largest absolute Gasteiger partial charge is 0.444 e. The predicted octanol–water partition coefficient (Wildman–Crippen LogP) is 5.82. The first kappa shape index (κ1) is 39.8. The third-order valence-electron chi connectivity index (χ3n) is 7.82. The van der Waals surface area contributed by atoms with E-state index in [-0.39, 0.29) is 43.6 Å². The molecule has 4 N–H and O–H groups in total. The number of thiazole rings is 1. The molecule has 13 heteroatoms. The quantitative estimate of drug-likeness (QED) is 0.138. The van der Waals surface area contributed by atoms with Crippen molar-refractivity contribution in [2.75, 3.05) is 13.6 Å². The molecule has 272 valence electrons. The number of aromatic nitrogens is 1. The van der Waals surface area contributed by atoms with Gasteiger partial charge in [0.1, 0.15) is 18.2 Å². The van der Waals surface area contributed by atoms with Gasteiger partial charge in [-0.05, 0) is 77.8 Å². The van der Waals surface area contributed by atoms with E-state index in [2.05, 4.69) is 26.3 Å². The van der Waals surface area contributed by atoms with Crippen LogP contribution in [0.5, 0.6) is 0 Å². The monoisotopic (exact) mass is 708 g/mol. The summed E-state index contributed by atoms with van der Waals surface area (Å²) in [6.07, 6.45) is 2.84. The van der Waals surface area contributed by atoms with E-state index in [0.29, 0.717) is 25.7 Å². The lowest BCUT2D eigenvalue weighted by Gasteiger charge is -2.28. The molecule has 5 amide bonds. The predicted molar refractivity (Wildman–Crippen MR) is 195 cm³/mol. The Morgan fingerprint density at radius 1 is 0.820 bits per heavy atom. The molecule has 0 radical (unpaired) electrons. The average Bonchev–Trinajstić information content (AvgIpc) is 3.59. The second kappa shape index (κ2) is 20.1. The van der Waals surface area contributed by atoms with E-state index >= 15 is 0 Å². The third kappa shape index (κ3) is 15.3. The van der Waals surface area contributed by atoms with Gasteiger partial charge in [-0.3, -0.25) is 9.78 Å². The molecule has 3 atom stereocenters. The maximum atomic E-state index is 13.9. The minimum atomic E-state index is -0.933. The smallest absolute Gasteiger partial charge is 0.407 e. The standard InChI is InChI=1S/C37H52N6O6S/c1-26(2)43(6)34(45)42-32(19-20-39-35(46)49-37(3,4)5)33(44)40-29(21-27-13-9-7-10-14-27)17-18-30(22-28-15-11-8-12-16-28)41-36(47)48-24-31-23-38-25-50-31/h7-16,23,25-26,29-30,32H,17-22,24H2,1-6H3,(H,39,46)(H,40,44)(H,41,47)(H,42,45)/t29-,30-,32+/m1/s1. The van der Waals surface area contributed by atoms with E-state index in [1.54, 1.807) is 39.5 Å². The Bertz CT molecular complexity index is 1470. The fraction of sp³-hybridized carbons (Fsp3) is 0.486. The summed E-state index contributed by atoms with van der Waals surface area (Å²) >= 11 is 1.41. The van der Waals surface area contributed by atoms with Crippen LogP contribution in [-0.4, -0.2) is 77.4 Å². The van der Waals surface area contributed by atoms with Crippen LogP contribution in [0, 0.1) is 0 Å². The number of carbonyl (C=O) groups is 4. The van der Waals surface area contributed by atoms with E-state index in [0.717, 1.165) is 16.0 Å². The number of hydrogen-bond acceptors (Lipinski definition) is 8. The van der Waals surface area contributed by atoms with Crippen LogP contribution in [0.15, 0.2) is 72.4 Å². The van der Waals surface area contributed by atoms with Crippen molar-refractivity contribution in [2.45, 2.75) is 103 Å². The van der Waals surface area contributed by atoms with Gasteiger partial charge in [0.15, 0.2) is 0 Å². The van der Waals surface area contributed by atoms with E-state index in [4.69, 9.17) is 9.47 Å². The average molecular weight is 709 g/mol. The molecule has 0 aliphatic rings. The molecule has 3 rings (SSSR count). The second-order valence-electron chi connectivity index (χ2n) is 13.5. The number of carbonyl (C=O) groups excluding carboxylic acids is 4. The summed E-state index contributed by atoms with van der Waals surface area (Å²) in [4.78, 5) is 58.5. The van der Waals surface area contributed by atoms with Crippen LogP contribution in [-0.2, 0) is 33.7 Å². The number of rotatable bonds is 17. The molecule has 1 heterocycles. The third-order valence-corrected chi connectivity index (χ3v) is 8.57. The van der Waals surface area contributed by atoms with Crippen molar-refractivity contribution in [3.05, 3.63) is 88.4 Å². The number of amides is 5. The van der Waals surface area contributed by atoms with Gasteiger partial charge in [0, 0.05) is 37.9 Å². The first-order chi connectivity index (χ1) is 23.8. The summed E-state index contributed by atoms with van der Waals surface area (Å²) < 4.78 is 10.8. The molecular weight excluding hydrogens is 657 g/mol. The molecule has 0 spiro atoms. The summed E-state index contributed by atoms with van der Waals surface area (Å²) in [5.41, 5.74) is 3.09. The normalized spacial score (nSPS) is 13.0. The highest BCUT2D eigenvalue weighted by molar-refractivity contribution is 7.09. The van der Waals surface area contributed by atoms with Crippen LogP contribution in [0.2, 0.25) is 0 Å². The number of alkyl carbamates (subject to hydrolysis) is 2. The first-order valence-electron chi connectivity index (χ1n) is 17.0. The van der Waals surface area contributed by atoms with Gasteiger partial charge in [-0.1, -0.05) is 60.7 Å². The first-order valence-corrected chi connectivity index (χ1v) is 17.9. The minimum absolute atomic E-state index is 0.0906. The number of nitrogens with zero attached hydrogens (tertiary/aromatic N) is 2. The maximum absolute atomic E-state index is 13.9. The Balaban J connectivity index is 1.76. The van der Waals surface area contributed by atoms with E-state index in [1.807, 2.05) is 74.5 Å². The van der Waals surface area contributed by atoms with Crippen molar-refractivity contribution >= 4 is 35.5 Å². The molecule has 12 nitrogen and oxygen atoms in total. The summed E-state index contributed by atoms with van der Waals surface area (Å²) in [5, 5.41) is 11.7. The molecule has 0 fully saturated rings. The molecule has 2 aromatic carbocycles. The van der Waals surface area contributed by atoms with Gasteiger partial charge in [0.25, 0.3) is 0 Å². The summed E-state index contributed by atoms with van der Waals surface area (Å²) in [6.45, 7) is 9.29. The summed E-state index contributed by atoms with van der Waals surface area (Å²) in [7, 11) is 1.66. The van der Waals surface area contributed by atoms with Crippen molar-refractivity contribution in [1.29, 1.82) is 0 Å². The van der Waals surface area contributed by atoms with Gasteiger partial charge in [0.05, 0.1) is 10.4 Å². The highest BCUT2D eigenvalue weighted by atomic mass is 32.1. The summed E-state index contributed by atoms with van der Waals surface area (Å²) in [6, 6.07) is 17.6. The van der Waals surface area contributed by atoms with Crippen molar-refractivity contribution in [1.82, 2.24) is 31.2 Å². The number of urea groups is 1. The fourth-order valence-corrected chi connectivity index (χ4v) is 5.50. The topological polar surface area (TPSA) is 151 Å². The molecule has 0 saturated heterocycles. The molecular formula is C37H52N6O6S. The van der Waals surface area contributed by atoms with Crippen LogP contribution in [0.1, 0.15) is 69.9 Å². The van der Waals surface area contributed by atoms with Gasteiger partial charge in [-0.15, -0.1) is 11.3 Å². The van der Waals surface area contributed by atoms with Gasteiger partial charge in [-0.2, -0.15) is 0 Å². The number of hydrogen-bond donors (Lipinski definition) is 4. The van der Waals surface area contributed by atoms with Crippen LogP contribution >= 0.6 is 11.3 Å². The van der Waals surface area contributed by atoms with Crippen LogP contribution in [0.4, 0.5) is 14.4 Å². The van der Waals surface area contributed by atoms with E-state index in [9.17, 15) is 19.2 Å². The van der Waals surface area contributed by atoms with E-state index in [1.165, 1.54) is 16.2 Å². The highest BCUT2D eigenvalue weighted by Crippen LogP contribution is 2.15. The van der Waals surface area contributed by atoms with Gasteiger partial charge in [0.2, 0.25) is 5.91 Å². The molecule has 0 aliphatic heterocycles. The fourth-order valence-electron chi connectivity index (χ4n) is 5.00. The highest BCUT2D eigenvalue weighted by Gasteiger charge is 2.27. The molecule has 0 unspecified atom stereocenters. The Labute approximate surface area is 299 Å². The molecule has 0 saturated carbocycles. The zero-order valence-electron chi connectivity index (χ0n) is 29.9. The zero-order valence-corrected chi connectivity index (χ0v) is 30.8. The Hall–Kier alpha value is -4.65. The van der Waals surface area contributed by atoms with Crippen LogP contribution < -0.4 is 21.3 Å². The van der Waals surface area contributed by atoms with Gasteiger partial charge < -0.3 is 35.6 Å². The molecule has 1 aromatic heterocycles. The second-order valence-corrected chi connectivity index (χ2v) is 14.4. The SMILES string of the molecule is CC(C)N(C)C(=O)N[C@@H](CCNC(=O)OC(C)(C)C)C(=O)N[C@H](CC[C@H](Cc1ccccc1)NC(=O)OCc1cncs1)Cc1ccccc1. The van der Waals surface area contributed by atoms with Crippen molar-refractivity contribution < 1.29 is 28.7 Å². The summed E-state index contributed by atoms with van der Waals surface area (Å²) in [5.74, 6) is -0.376. The number of ether oxygens (including phenoxy) is 2. The molecule has 0 aliphatic carbocycles. The lowest BCUT2D eigenvalue weighted by atomic mass is 9.95. The van der Waals surface area contributed by atoms with Gasteiger partial charge >= 0.3 is 18.2 Å². The maximum Gasteiger partial charge on any atom is 0.407 e. The van der Waals surface area contributed by atoms with Crippen molar-refractivity contribution in [3.63, 3.8) is 0 Å².